The van der Waals surface area contributed by atoms with E-state index in [1.54, 1.807) is 18.5 Å². The molecule has 0 unspecified atom stereocenters. The monoisotopic (exact) mass is 264 g/mol. The van der Waals surface area contributed by atoms with Crippen molar-refractivity contribution in [3.8, 4) is 0 Å². The zero-order valence-electron chi connectivity index (χ0n) is 10.4. The second kappa shape index (κ2) is 8.76. The van der Waals surface area contributed by atoms with Crippen molar-refractivity contribution in [3.05, 3.63) is 30.1 Å². The molecule has 1 aromatic heterocycles. The zero-order chi connectivity index (χ0) is 13.9. The van der Waals surface area contributed by atoms with Gasteiger partial charge < -0.3 is 0 Å². The number of aromatic nitrogens is 1. The molecule has 0 saturated carbocycles. The molecule has 0 spiro atoms. The maximum Gasteiger partial charge on any atom is 0.243 e. The largest absolute Gasteiger partial charge is 0.289 e. The van der Waals surface area contributed by atoms with Gasteiger partial charge in [0.25, 0.3) is 0 Å². The number of hydrazone groups is 1. The lowest BCUT2D eigenvalue weighted by atomic mass is 10.2. The lowest BCUT2D eigenvalue weighted by molar-refractivity contribution is -0.129. The molecule has 1 aromatic rings. The van der Waals surface area contributed by atoms with Gasteiger partial charge in [0.1, 0.15) is 0 Å². The van der Waals surface area contributed by atoms with Crippen molar-refractivity contribution in [1.82, 2.24) is 15.9 Å². The smallest absolute Gasteiger partial charge is 0.243 e. The third kappa shape index (κ3) is 6.89. The summed E-state index contributed by atoms with van der Waals surface area (Å²) in [5.74, 6) is -0.667. The Morgan fingerprint density at radius 1 is 1.32 bits per heavy atom. The van der Waals surface area contributed by atoms with Crippen LogP contribution in [0.25, 0.3) is 0 Å². The maximum absolute atomic E-state index is 11.4. The van der Waals surface area contributed by atoms with Gasteiger partial charge in [-0.3, -0.25) is 19.8 Å². The van der Waals surface area contributed by atoms with Gasteiger partial charge in [0.2, 0.25) is 11.8 Å². The zero-order valence-corrected chi connectivity index (χ0v) is 10.4. The number of nitrogens with zero attached hydrogens (tertiary/aromatic N) is 2. The first-order valence-electron chi connectivity index (χ1n) is 5.87. The van der Waals surface area contributed by atoms with Crippen LogP contribution in [-0.2, 0) is 9.59 Å². The predicted molar refractivity (Wildman–Crippen MR) is 68.4 cm³/mol. The fourth-order valence-corrected chi connectivity index (χ4v) is 1.31. The summed E-state index contributed by atoms with van der Waals surface area (Å²) in [7, 11) is 0. The summed E-state index contributed by atoms with van der Waals surface area (Å²) in [6, 6.07) is 3.59. The summed E-state index contributed by atoms with van der Waals surface area (Å²) in [5, 5.41) is 12.1. The number of hydrogen-bond donors (Lipinski definition) is 3. The topological polar surface area (TPSA) is 104 Å². The maximum atomic E-state index is 11.4. The average Bonchev–Trinajstić information content (AvgIpc) is 2.44. The van der Waals surface area contributed by atoms with Crippen molar-refractivity contribution in [2.45, 2.75) is 25.7 Å². The van der Waals surface area contributed by atoms with Crippen LogP contribution in [0.1, 0.15) is 31.2 Å². The summed E-state index contributed by atoms with van der Waals surface area (Å²) in [5.41, 5.74) is 4.72. The number of hydroxylamine groups is 1. The fraction of sp³-hybridized carbons (Fsp3) is 0.333. The number of amides is 2. The molecule has 2 amide bonds. The van der Waals surface area contributed by atoms with Crippen molar-refractivity contribution in [1.29, 1.82) is 0 Å². The number of nitrogens with one attached hydrogen (secondary N) is 2. The molecule has 0 radical (unpaired) electrons. The Morgan fingerprint density at radius 3 is 2.68 bits per heavy atom. The molecule has 0 fully saturated rings. The Kier molecular flexibility index (Phi) is 6.81. The number of unbranched alkanes of at least 4 members (excludes halogenated alkanes) is 1. The van der Waals surface area contributed by atoms with Crippen LogP contribution in [-0.4, -0.2) is 28.2 Å². The molecular weight excluding hydrogens is 248 g/mol. The van der Waals surface area contributed by atoms with Gasteiger partial charge in [-0.15, -0.1) is 0 Å². The Labute approximate surface area is 110 Å². The van der Waals surface area contributed by atoms with Crippen molar-refractivity contribution in [3.63, 3.8) is 0 Å². The third-order valence-corrected chi connectivity index (χ3v) is 2.27. The minimum absolute atomic E-state index is 0.197. The molecule has 0 atom stereocenters. The molecule has 0 aromatic carbocycles. The molecule has 1 heterocycles. The molecule has 0 aliphatic heterocycles. The van der Waals surface area contributed by atoms with E-state index in [0.717, 1.165) is 5.56 Å². The van der Waals surface area contributed by atoms with Crippen LogP contribution in [0.5, 0.6) is 0 Å². The second-order valence-corrected chi connectivity index (χ2v) is 3.82. The van der Waals surface area contributed by atoms with E-state index < -0.39 is 5.91 Å². The van der Waals surface area contributed by atoms with E-state index in [-0.39, 0.29) is 18.7 Å². The molecule has 102 valence electrons. The molecule has 0 aliphatic rings. The van der Waals surface area contributed by atoms with Gasteiger partial charge in [0, 0.05) is 30.8 Å². The van der Waals surface area contributed by atoms with E-state index in [9.17, 15) is 9.59 Å². The average molecular weight is 264 g/mol. The standard InChI is InChI=1S/C12H16N4O3/c17-11(5-1-2-6-12(18)16-19)15-14-9-10-4-3-7-13-8-10/h3-4,7-9,19H,1-2,5-6H2,(H,15,17)(H,16,18)/b14-9+. The van der Waals surface area contributed by atoms with Gasteiger partial charge in [0.05, 0.1) is 6.21 Å². The van der Waals surface area contributed by atoms with E-state index in [4.69, 9.17) is 5.21 Å². The SMILES string of the molecule is O=C(CCCCC(=O)N/N=C/c1cccnc1)NO. The normalized spacial score (nSPS) is 10.4. The highest BCUT2D eigenvalue weighted by Crippen LogP contribution is 1.99. The van der Waals surface area contributed by atoms with Crippen LogP contribution in [0.3, 0.4) is 0 Å². The first-order chi connectivity index (χ1) is 9.22. The summed E-state index contributed by atoms with van der Waals surface area (Å²) >= 11 is 0. The lowest BCUT2D eigenvalue weighted by Crippen LogP contribution is -2.19. The van der Waals surface area contributed by atoms with Crippen LogP contribution in [0.15, 0.2) is 29.6 Å². The Bertz CT molecular complexity index is 434. The van der Waals surface area contributed by atoms with Crippen LogP contribution in [0.2, 0.25) is 0 Å². The third-order valence-electron chi connectivity index (χ3n) is 2.27. The van der Waals surface area contributed by atoms with Crippen LogP contribution in [0, 0.1) is 0 Å². The fourth-order valence-electron chi connectivity index (χ4n) is 1.31. The minimum atomic E-state index is -0.449. The van der Waals surface area contributed by atoms with Crippen LogP contribution >= 0.6 is 0 Å². The minimum Gasteiger partial charge on any atom is -0.289 e. The van der Waals surface area contributed by atoms with Crippen LogP contribution < -0.4 is 10.9 Å². The van der Waals surface area contributed by atoms with E-state index in [1.165, 1.54) is 11.7 Å². The number of carbonyl (C=O) groups excluding carboxylic acids is 2. The molecule has 0 saturated heterocycles. The number of carbonyl (C=O) groups is 2. The van der Waals surface area contributed by atoms with Crippen molar-refractivity contribution in [2.24, 2.45) is 5.10 Å². The molecular formula is C12H16N4O3. The summed E-state index contributed by atoms with van der Waals surface area (Å²) in [6.07, 6.45) is 6.35. The molecule has 1 rings (SSSR count). The lowest BCUT2D eigenvalue weighted by Gasteiger charge is -2.00. The Balaban J connectivity index is 2.14. The summed E-state index contributed by atoms with van der Waals surface area (Å²) in [4.78, 5) is 26.0. The highest BCUT2D eigenvalue weighted by Gasteiger charge is 2.02. The van der Waals surface area contributed by atoms with Gasteiger partial charge in [0.15, 0.2) is 0 Å². The number of pyridine rings is 1. The quantitative estimate of drug-likeness (QED) is 0.290. The van der Waals surface area contributed by atoms with Crippen molar-refractivity contribution < 1.29 is 14.8 Å². The highest BCUT2D eigenvalue weighted by molar-refractivity contribution is 5.82. The first-order valence-corrected chi connectivity index (χ1v) is 5.87. The van der Waals surface area contributed by atoms with E-state index in [1.807, 2.05) is 6.07 Å². The number of hydrogen-bond acceptors (Lipinski definition) is 5. The van der Waals surface area contributed by atoms with E-state index in [0.29, 0.717) is 12.8 Å². The van der Waals surface area contributed by atoms with E-state index in [2.05, 4.69) is 15.5 Å². The molecule has 7 nitrogen and oxygen atoms in total. The van der Waals surface area contributed by atoms with E-state index >= 15 is 0 Å². The summed E-state index contributed by atoms with van der Waals surface area (Å²) < 4.78 is 0. The van der Waals surface area contributed by atoms with Gasteiger partial charge in [-0.05, 0) is 18.9 Å². The molecule has 3 N–H and O–H groups in total. The van der Waals surface area contributed by atoms with Crippen molar-refractivity contribution >= 4 is 18.0 Å². The summed E-state index contributed by atoms with van der Waals surface area (Å²) in [6.45, 7) is 0. The second-order valence-electron chi connectivity index (χ2n) is 3.82. The van der Waals surface area contributed by atoms with Gasteiger partial charge >= 0.3 is 0 Å². The molecule has 0 bridgehead atoms. The van der Waals surface area contributed by atoms with Crippen molar-refractivity contribution in [2.75, 3.05) is 0 Å². The van der Waals surface area contributed by atoms with Crippen LogP contribution in [0.4, 0.5) is 0 Å². The molecule has 0 aliphatic carbocycles. The number of rotatable bonds is 7. The predicted octanol–water partition coefficient (Wildman–Crippen LogP) is 0.598. The van der Waals surface area contributed by atoms with Gasteiger partial charge in [-0.25, -0.2) is 10.9 Å². The molecule has 7 heteroatoms. The Morgan fingerprint density at radius 2 is 2.05 bits per heavy atom. The molecule has 19 heavy (non-hydrogen) atoms. The first kappa shape index (κ1) is 14.8. The van der Waals surface area contributed by atoms with Gasteiger partial charge in [-0.2, -0.15) is 5.10 Å². The highest BCUT2D eigenvalue weighted by atomic mass is 16.5. The Hall–Kier alpha value is -2.28. The van der Waals surface area contributed by atoms with Gasteiger partial charge in [-0.1, -0.05) is 6.07 Å².